The predicted octanol–water partition coefficient (Wildman–Crippen LogP) is 1.45. The number of imide groups is 1. The molecule has 1 N–H and O–H groups in total. The minimum absolute atomic E-state index is 0.0914. The molecule has 0 saturated carbocycles. The summed E-state index contributed by atoms with van der Waals surface area (Å²) >= 11 is 0. The van der Waals surface area contributed by atoms with E-state index in [0.717, 1.165) is 0 Å². The van der Waals surface area contributed by atoms with Crippen LogP contribution in [0.2, 0.25) is 0 Å². The molecule has 2 fully saturated rings. The highest BCUT2D eigenvalue weighted by Crippen LogP contribution is 2.37. The van der Waals surface area contributed by atoms with Gasteiger partial charge in [-0.25, -0.2) is 0 Å². The number of allylic oxidation sites excluding steroid dienone is 2. The van der Waals surface area contributed by atoms with Gasteiger partial charge in [0.1, 0.15) is 5.69 Å². The smallest absolute Gasteiger partial charge is 0.274 e. The van der Waals surface area contributed by atoms with E-state index in [0.29, 0.717) is 37.4 Å². The minimum atomic E-state index is -0.233. The van der Waals surface area contributed by atoms with Crippen molar-refractivity contribution in [3.63, 3.8) is 0 Å². The van der Waals surface area contributed by atoms with Crippen LogP contribution in [0.3, 0.4) is 0 Å². The number of carbonyl (C=O) groups is 3. The number of fused-ring (bicyclic) bond motifs is 1. The summed E-state index contributed by atoms with van der Waals surface area (Å²) in [7, 11) is 0. The van der Waals surface area contributed by atoms with Crippen molar-refractivity contribution in [2.45, 2.75) is 18.9 Å². The molecular weight excluding hydrogens is 348 g/mol. The third-order valence-corrected chi connectivity index (χ3v) is 5.64. The second-order valence-corrected chi connectivity index (χ2v) is 7.21. The first-order chi connectivity index (χ1) is 13.1. The molecule has 0 aromatic carbocycles. The molecule has 0 radical (unpaired) electrons. The second kappa shape index (κ2) is 5.94. The van der Waals surface area contributed by atoms with Gasteiger partial charge in [0.15, 0.2) is 11.5 Å². The van der Waals surface area contributed by atoms with E-state index >= 15 is 0 Å². The van der Waals surface area contributed by atoms with E-state index in [2.05, 4.69) is 10.2 Å². The number of nitrogens with zero attached hydrogens (tertiary/aromatic N) is 3. The van der Waals surface area contributed by atoms with Gasteiger partial charge in [0.05, 0.1) is 24.1 Å². The first-order valence-corrected chi connectivity index (χ1v) is 9.04. The van der Waals surface area contributed by atoms with Gasteiger partial charge in [-0.1, -0.05) is 12.2 Å². The quantitative estimate of drug-likeness (QED) is 0.655. The maximum atomic E-state index is 12.6. The molecule has 2 saturated heterocycles. The Kier molecular flexibility index (Phi) is 3.53. The fourth-order valence-corrected chi connectivity index (χ4v) is 4.12. The van der Waals surface area contributed by atoms with Crippen LogP contribution in [0.15, 0.2) is 41.0 Å². The molecule has 1 aliphatic carbocycles. The number of hydrogen-bond donors (Lipinski definition) is 1. The van der Waals surface area contributed by atoms with Gasteiger partial charge in [-0.3, -0.25) is 24.4 Å². The third kappa shape index (κ3) is 2.43. The van der Waals surface area contributed by atoms with Crippen molar-refractivity contribution >= 4 is 17.7 Å². The SMILES string of the molecule is O=C(c1cc(-c2ccco2)[nH]n1)N1CC(N2C(=O)[C@H]3CC=CC[C@@H]3C2=O)C1. The van der Waals surface area contributed by atoms with Crippen LogP contribution in [0.25, 0.3) is 11.5 Å². The number of H-pyrrole nitrogens is 1. The lowest BCUT2D eigenvalue weighted by molar-refractivity contribution is -0.145. The van der Waals surface area contributed by atoms with E-state index in [4.69, 9.17) is 4.42 Å². The van der Waals surface area contributed by atoms with Crippen LogP contribution in [0.1, 0.15) is 23.3 Å². The van der Waals surface area contributed by atoms with Crippen LogP contribution in [0.4, 0.5) is 0 Å². The van der Waals surface area contributed by atoms with E-state index in [1.165, 1.54) is 4.90 Å². The molecule has 8 heteroatoms. The number of nitrogens with one attached hydrogen (secondary N) is 1. The molecule has 2 aliphatic heterocycles. The van der Waals surface area contributed by atoms with Gasteiger partial charge in [-0.2, -0.15) is 5.10 Å². The number of aromatic nitrogens is 2. The van der Waals surface area contributed by atoms with Crippen LogP contribution in [-0.2, 0) is 9.59 Å². The Morgan fingerprint density at radius 2 is 1.85 bits per heavy atom. The van der Waals surface area contributed by atoms with Crippen molar-refractivity contribution < 1.29 is 18.8 Å². The van der Waals surface area contributed by atoms with Crippen LogP contribution < -0.4 is 0 Å². The number of rotatable bonds is 3. The van der Waals surface area contributed by atoms with E-state index in [-0.39, 0.29) is 41.3 Å². The average molecular weight is 366 g/mol. The van der Waals surface area contributed by atoms with Gasteiger partial charge in [0.25, 0.3) is 5.91 Å². The number of carbonyl (C=O) groups excluding carboxylic acids is 3. The van der Waals surface area contributed by atoms with E-state index in [1.54, 1.807) is 29.4 Å². The zero-order chi connectivity index (χ0) is 18.5. The highest BCUT2D eigenvalue weighted by Gasteiger charge is 2.52. The largest absolute Gasteiger partial charge is 0.463 e. The second-order valence-electron chi connectivity index (χ2n) is 7.21. The molecule has 0 spiro atoms. The summed E-state index contributed by atoms with van der Waals surface area (Å²) in [5, 5.41) is 6.84. The number of amides is 3. The van der Waals surface area contributed by atoms with E-state index in [1.807, 2.05) is 12.2 Å². The molecule has 0 bridgehead atoms. The maximum absolute atomic E-state index is 12.6. The Morgan fingerprint density at radius 1 is 1.15 bits per heavy atom. The molecule has 2 aromatic heterocycles. The van der Waals surface area contributed by atoms with Gasteiger partial charge in [0, 0.05) is 19.2 Å². The number of furan rings is 1. The lowest BCUT2D eigenvalue weighted by Gasteiger charge is -2.42. The van der Waals surface area contributed by atoms with Crippen molar-refractivity contribution in [3.8, 4) is 11.5 Å². The van der Waals surface area contributed by atoms with Crippen molar-refractivity contribution in [1.29, 1.82) is 0 Å². The fourth-order valence-electron chi connectivity index (χ4n) is 4.12. The zero-order valence-corrected chi connectivity index (χ0v) is 14.5. The van der Waals surface area contributed by atoms with Gasteiger partial charge < -0.3 is 9.32 Å². The highest BCUT2D eigenvalue weighted by molar-refractivity contribution is 6.06. The van der Waals surface area contributed by atoms with Gasteiger partial charge in [-0.15, -0.1) is 0 Å². The molecule has 5 rings (SSSR count). The van der Waals surface area contributed by atoms with Gasteiger partial charge >= 0.3 is 0 Å². The summed E-state index contributed by atoms with van der Waals surface area (Å²) < 4.78 is 5.29. The van der Waals surface area contributed by atoms with E-state index in [9.17, 15) is 14.4 Å². The molecule has 0 unspecified atom stereocenters. The summed E-state index contributed by atoms with van der Waals surface area (Å²) in [6, 6.07) is 4.94. The Labute approximate surface area is 154 Å². The maximum Gasteiger partial charge on any atom is 0.274 e. The van der Waals surface area contributed by atoms with Crippen LogP contribution >= 0.6 is 0 Å². The summed E-state index contributed by atoms with van der Waals surface area (Å²) in [4.78, 5) is 40.8. The predicted molar refractivity (Wildman–Crippen MR) is 93.2 cm³/mol. The Morgan fingerprint density at radius 3 is 2.48 bits per heavy atom. The summed E-state index contributed by atoms with van der Waals surface area (Å²) in [5.74, 6) is -0.257. The topological polar surface area (TPSA) is 99.5 Å². The summed E-state index contributed by atoms with van der Waals surface area (Å²) in [5.41, 5.74) is 0.915. The van der Waals surface area contributed by atoms with Gasteiger partial charge in [-0.05, 0) is 25.0 Å². The fraction of sp³-hybridized carbons (Fsp3) is 0.368. The van der Waals surface area contributed by atoms with Crippen LogP contribution in [0, 0.1) is 11.8 Å². The normalized spacial score (nSPS) is 25.0. The van der Waals surface area contributed by atoms with Crippen molar-refractivity contribution in [2.75, 3.05) is 13.1 Å². The van der Waals surface area contributed by atoms with Crippen molar-refractivity contribution in [3.05, 3.63) is 42.3 Å². The summed E-state index contributed by atoms with van der Waals surface area (Å²) in [6.07, 6.45) is 6.75. The van der Waals surface area contributed by atoms with Gasteiger partial charge in [0.2, 0.25) is 11.8 Å². The monoisotopic (exact) mass is 366 g/mol. The molecule has 3 aliphatic rings. The third-order valence-electron chi connectivity index (χ3n) is 5.64. The first kappa shape index (κ1) is 16.0. The average Bonchev–Trinajstić information content (AvgIpc) is 3.37. The molecule has 27 heavy (non-hydrogen) atoms. The molecule has 138 valence electrons. The molecule has 2 atom stereocenters. The minimum Gasteiger partial charge on any atom is -0.463 e. The van der Waals surface area contributed by atoms with Crippen molar-refractivity contribution in [2.24, 2.45) is 11.8 Å². The number of hydrogen-bond acceptors (Lipinski definition) is 5. The van der Waals surface area contributed by atoms with Crippen LogP contribution in [-0.4, -0.2) is 56.9 Å². The molecule has 2 aromatic rings. The van der Waals surface area contributed by atoms with Crippen LogP contribution in [0.5, 0.6) is 0 Å². The lowest BCUT2D eigenvalue weighted by atomic mass is 9.85. The van der Waals surface area contributed by atoms with Crippen molar-refractivity contribution in [1.82, 2.24) is 20.0 Å². The number of aromatic amines is 1. The lowest BCUT2D eigenvalue weighted by Crippen LogP contribution is -2.62. The summed E-state index contributed by atoms with van der Waals surface area (Å²) in [6.45, 7) is 0.707. The standard InChI is InChI=1S/C19H18N4O4/c24-17-12-4-1-2-5-13(12)18(25)23(17)11-9-22(10-11)19(26)15-8-14(20-21-15)16-6-3-7-27-16/h1-3,6-8,11-13H,4-5,9-10H2,(H,20,21)/t12-,13-/m0/s1. The molecule has 8 nitrogen and oxygen atoms in total. The molecule has 3 amide bonds. The Bertz CT molecular complexity index is 913. The highest BCUT2D eigenvalue weighted by atomic mass is 16.3. The Hall–Kier alpha value is -3.16. The number of likely N-dealkylation sites (tertiary alicyclic amines) is 2. The first-order valence-electron chi connectivity index (χ1n) is 9.04. The zero-order valence-electron chi connectivity index (χ0n) is 14.5. The molecular formula is C19H18N4O4. The van der Waals surface area contributed by atoms with E-state index < -0.39 is 0 Å². The molecule has 4 heterocycles. The Balaban J connectivity index is 1.25.